The van der Waals surface area contributed by atoms with Gasteiger partial charge >= 0.3 is 5.78 Å². The molecular formula is C22H26ClO6+. The van der Waals surface area contributed by atoms with E-state index in [0.29, 0.717) is 6.61 Å². The molecule has 2 fully saturated rings. The smallest absolute Gasteiger partial charge is 0.343 e. The van der Waals surface area contributed by atoms with Crippen molar-refractivity contribution < 1.29 is 29.2 Å². The van der Waals surface area contributed by atoms with Crippen molar-refractivity contribution >= 4 is 23.5 Å². The molecule has 0 aromatic heterocycles. The van der Waals surface area contributed by atoms with Crippen LogP contribution >= 0.6 is 11.6 Å². The minimum atomic E-state index is -1.15. The molecule has 0 spiro atoms. The Morgan fingerprint density at radius 2 is 1.83 bits per heavy atom. The number of aliphatic hydroxyl groups excluding tert-OH is 3. The van der Waals surface area contributed by atoms with E-state index in [2.05, 4.69) is 19.1 Å². The number of halogens is 1. The van der Waals surface area contributed by atoms with Gasteiger partial charge in [0.1, 0.15) is 24.4 Å². The highest BCUT2D eigenvalue weighted by Crippen LogP contribution is 2.27. The van der Waals surface area contributed by atoms with Crippen LogP contribution in [0.25, 0.3) is 6.08 Å². The summed E-state index contributed by atoms with van der Waals surface area (Å²) in [5, 5.41) is 28.3. The Hall–Kier alpha value is -1.80. The lowest BCUT2D eigenvalue weighted by atomic mass is 10.0. The number of allylic oxidation sites excluding steroid dienone is 5. The first-order valence-corrected chi connectivity index (χ1v) is 9.92. The van der Waals surface area contributed by atoms with Crippen molar-refractivity contribution in [3.05, 3.63) is 64.2 Å². The predicted octanol–water partition coefficient (Wildman–Crippen LogP) is 2.11. The summed E-state index contributed by atoms with van der Waals surface area (Å²) in [7, 11) is 0. The zero-order valence-corrected chi connectivity index (χ0v) is 17.1. The number of ketones is 1. The summed E-state index contributed by atoms with van der Waals surface area (Å²) < 4.78 is 15.4. The molecule has 1 aromatic carbocycles. The summed E-state index contributed by atoms with van der Waals surface area (Å²) in [5.74, 6) is 0.894. The Balaban J connectivity index is 0.000000186. The normalized spacial score (nSPS) is 30.1. The topological polar surface area (TPSA) is 90.5 Å². The van der Waals surface area contributed by atoms with Gasteiger partial charge in [0.25, 0.3) is 6.61 Å². The molecule has 2 heterocycles. The van der Waals surface area contributed by atoms with Crippen molar-refractivity contribution in [2.45, 2.75) is 44.6 Å². The monoisotopic (exact) mass is 421 g/mol. The zero-order valence-electron chi connectivity index (χ0n) is 16.4. The highest BCUT2D eigenvalue weighted by Gasteiger charge is 2.48. The number of aryl methyl sites for hydroxylation is 1. The van der Waals surface area contributed by atoms with Gasteiger partial charge in [0.05, 0.1) is 6.61 Å². The Labute approximate surface area is 175 Å². The minimum absolute atomic E-state index is 0.236. The highest BCUT2D eigenvalue weighted by atomic mass is 35.5. The summed E-state index contributed by atoms with van der Waals surface area (Å²) >= 11 is 6.17. The summed E-state index contributed by atoms with van der Waals surface area (Å²) in [5.41, 5.74) is 3.36. The van der Waals surface area contributed by atoms with Gasteiger partial charge in [-0.25, -0.2) is 0 Å². The largest absolute Gasteiger partial charge is 0.387 e. The molecule has 2 saturated heterocycles. The van der Waals surface area contributed by atoms with Gasteiger partial charge in [-0.3, -0.25) is 4.42 Å². The molecule has 0 radical (unpaired) electrons. The summed E-state index contributed by atoms with van der Waals surface area (Å²) in [6, 6.07) is 6.02. The second-order valence-corrected chi connectivity index (χ2v) is 7.43. The molecule has 3 N–H and O–H groups in total. The van der Waals surface area contributed by atoms with Crippen molar-refractivity contribution in [2.24, 2.45) is 0 Å². The maximum absolute atomic E-state index is 9.22. The fourth-order valence-electron chi connectivity index (χ4n) is 3.16. The van der Waals surface area contributed by atoms with Crippen LogP contribution in [-0.4, -0.2) is 65.0 Å². The second kappa shape index (κ2) is 9.80. The number of rotatable bonds is 2. The Kier molecular flexibility index (Phi) is 7.40. The van der Waals surface area contributed by atoms with Gasteiger partial charge in [0, 0.05) is 24.1 Å². The number of fused-ring (bicyclic) bond motifs is 2. The third kappa shape index (κ3) is 5.42. The number of aliphatic hydroxyl groups is 3. The van der Waals surface area contributed by atoms with Crippen molar-refractivity contribution in [1.29, 1.82) is 0 Å². The van der Waals surface area contributed by atoms with E-state index < -0.39 is 30.7 Å². The summed E-state index contributed by atoms with van der Waals surface area (Å²) in [4.78, 5) is 0. The van der Waals surface area contributed by atoms with Crippen LogP contribution < -0.4 is 0 Å². The Bertz CT molecular complexity index is 806. The molecule has 0 unspecified atom stereocenters. The van der Waals surface area contributed by atoms with Gasteiger partial charge in [-0.15, -0.1) is 0 Å². The molecule has 6 nitrogen and oxygen atoms in total. The van der Waals surface area contributed by atoms with Crippen LogP contribution in [0, 0.1) is 6.92 Å². The Morgan fingerprint density at radius 1 is 1.10 bits per heavy atom. The molecule has 1 aromatic rings. The molecule has 2 bridgehead atoms. The van der Waals surface area contributed by atoms with Crippen LogP contribution in [-0.2, 0) is 13.9 Å². The molecule has 7 heteroatoms. The van der Waals surface area contributed by atoms with Crippen molar-refractivity contribution in [3.63, 3.8) is 0 Å². The van der Waals surface area contributed by atoms with E-state index >= 15 is 0 Å². The quantitative estimate of drug-likeness (QED) is 0.636. The fourth-order valence-corrected chi connectivity index (χ4v) is 3.33. The van der Waals surface area contributed by atoms with Crippen LogP contribution in [0.3, 0.4) is 0 Å². The third-order valence-electron chi connectivity index (χ3n) is 4.76. The van der Waals surface area contributed by atoms with Crippen LogP contribution in [0.15, 0.2) is 48.1 Å². The molecule has 156 valence electrons. The highest BCUT2D eigenvalue weighted by molar-refractivity contribution is 6.32. The van der Waals surface area contributed by atoms with Crippen LogP contribution in [0.2, 0.25) is 5.02 Å². The molecular weight excluding hydrogens is 396 g/mol. The van der Waals surface area contributed by atoms with E-state index in [1.807, 2.05) is 43.4 Å². The van der Waals surface area contributed by atoms with Crippen LogP contribution in [0.1, 0.15) is 18.1 Å². The van der Waals surface area contributed by atoms with Crippen molar-refractivity contribution in [3.8, 4) is 0 Å². The van der Waals surface area contributed by atoms with Gasteiger partial charge in [0.2, 0.25) is 0 Å². The number of carbonyl (C=O) groups excluding carboxylic acids is 1. The first-order chi connectivity index (χ1) is 13.9. The second-order valence-electron chi connectivity index (χ2n) is 7.02. The van der Waals surface area contributed by atoms with Gasteiger partial charge in [-0.2, -0.15) is 0 Å². The number of hydrogen-bond acceptors (Lipinski definition) is 5. The number of ether oxygens (including phenoxy) is 2. The Morgan fingerprint density at radius 3 is 2.52 bits per heavy atom. The van der Waals surface area contributed by atoms with E-state index in [9.17, 15) is 10.2 Å². The molecule has 4 rings (SSSR count). The summed E-state index contributed by atoms with van der Waals surface area (Å²) in [6.45, 7) is 4.96. The van der Waals surface area contributed by atoms with E-state index in [-0.39, 0.29) is 6.61 Å². The first kappa shape index (κ1) is 21.9. The van der Waals surface area contributed by atoms with Crippen molar-refractivity contribution in [1.82, 2.24) is 0 Å². The van der Waals surface area contributed by atoms with Gasteiger partial charge in [-0.05, 0) is 42.4 Å². The zero-order chi connectivity index (χ0) is 21.0. The average molecular weight is 422 g/mol. The van der Waals surface area contributed by atoms with Gasteiger partial charge < -0.3 is 24.8 Å². The van der Waals surface area contributed by atoms with Crippen molar-refractivity contribution in [2.75, 3.05) is 13.2 Å². The first-order valence-electron chi connectivity index (χ1n) is 9.54. The van der Waals surface area contributed by atoms with E-state index in [1.54, 1.807) is 0 Å². The lowest BCUT2D eigenvalue weighted by Gasteiger charge is -2.32. The predicted molar refractivity (Wildman–Crippen MR) is 111 cm³/mol. The molecule has 29 heavy (non-hydrogen) atoms. The standard InChI is InChI=1S/C16H16ClO.C6H10O5/c1-3-18-15-7-5-13(6-8-15)11-14-10-12(2)4-9-16(14)17;7-3-2-1-10-6(11-2)5(9)4(3)8/h4-11H,3H2,1-2H3;2-9H,1H2/q+1;/t;2-,3-,4+,5-,6-/m.1/s1. The summed E-state index contributed by atoms with van der Waals surface area (Å²) in [6.07, 6.45) is 5.50. The molecule has 1 aliphatic carbocycles. The van der Waals surface area contributed by atoms with Gasteiger partial charge in [-0.1, -0.05) is 29.3 Å². The van der Waals surface area contributed by atoms with E-state index in [4.69, 9.17) is 30.6 Å². The average Bonchev–Trinajstić information content (AvgIpc) is 3.17. The molecule has 3 aliphatic rings. The van der Waals surface area contributed by atoms with Crippen LogP contribution in [0.4, 0.5) is 0 Å². The van der Waals surface area contributed by atoms with E-state index in [1.165, 1.54) is 5.56 Å². The fraction of sp³-hybridized carbons (Fsp3) is 0.409. The van der Waals surface area contributed by atoms with Crippen LogP contribution in [0.5, 0.6) is 0 Å². The molecule has 2 aliphatic heterocycles. The maximum Gasteiger partial charge on any atom is 0.343 e. The van der Waals surface area contributed by atoms with E-state index in [0.717, 1.165) is 21.9 Å². The van der Waals surface area contributed by atoms with Gasteiger partial charge in [0.15, 0.2) is 6.29 Å². The number of hydrogen-bond donors (Lipinski definition) is 3. The lowest BCUT2D eigenvalue weighted by molar-refractivity contribution is -0.450. The lowest BCUT2D eigenvalue weighted by Crippen LogP contribution is -2.53. The SMILES string of the molecule is CC[O+]=C1C=CC(=Cc2cc(C)ccc2Cl)C=C1.O[C@@H]1[C@@H](O)[C@@H]2OC[C@@H](O2)[C@H]1O. The number of benzene rings is 1. The molecule has 0 amide bonds. The maximum atomic E-state index is 9.22. The third-order valence-corrected chi connectivity index (χ3v) is 5.10. The minimum Gasteiger partial charge on any atom is -0.387 e. The molecule has 5 atom stereocenters. The molecule has 0 saturated carbocycles.